The number of pyridine rings is 1. The van der Waals surface area contributed by atoms with Crippen LogP contribution in [0.1, 0.15) is 24.8 Å². The van der Waals surface area contributed by atoms with Gasteiger partial charge in [0.2, 0.25) is 0 Å². The molecule has 0 radical (unpaired) electrons. The van der Waals surface area contributed by atoms with Crippen LogP contribution in [0, 0.1) is 5.92 Å². The summed E-state index contributed by atoms with van der Waals surface area (Å²) in [5.74, 6) is 0.873. The van der Waals surface area contributed by atoms with Crippen LogP contribution in [0.3, 0.4) is 0 Å². The molecule has 76 valence electrons. The fraction of sp³-hybridized carbons (Fsp3) is 0.545. The summed E-state index contributed by atoms with van der Waals surface area (Å²) in [6.45, 7) is 0. The van der Waals surface area contributed by atoms with Crippen LogP contribution in [0.15, 0.2) is 18.5 Å². The molecule has 1 aromatic rings. The van der Waals surface area contributed by atoms with Crippen molar-refractivity contribution in [3.63, 3.8) is 0 Å². The van der Waals surface area contributed by atoms with Gasteiger partial charge in [-0.05, 0) is 30.4 Å². The Bertz CT molecular complexity index is 310. The number of rotatable bonds is 4. The lowest BCUT2D eigenvalue weighted by atomic mass is 10.1. The first kappa shape index (κ1) is 10.3. The van der Waals surface area contributed by atoms with E-state index in [9.17, 15) is 0 Å². The number of halogens is 2. The van der Waals surface area contributed by atoms with Gasteiger partial charge in [-0.25, -0.2) is 0 Å². The molecule has 0 amide bonds. The lowest BCUT2D eigenvalue weighted by molar-refractivity contribution is 0.674. The number of alkyl halides is 1. The van der Waals surface area contributed by atoms with E-state index in [1.807, 2.05) is 6.07 Å². The summed E-state index contributed by atoms with van der Waals surface area (Å²) in [4.78, 5) is 3.95. The van der Waals surface area contributed by atoms with Crippen LogP contribution in [-0.4, -0.2) is 10.4 Å². The Labute approximate surface area is 94.4 Å². The molecule has 0 saturated heterocycles. The van der Waals surface area contributed by atoms with Crippen LogP contribution in [0.2, 0.25) is 5.02 Å². The van der Waals surface area contributed by atoms with Gasteiger partial charge in [-0.2, -0.15) is 0 Å². The molecule has 0 N–H and O–H groups in total. The summed E-state index contributed by atoms with van der Waals surface area (Å²) in [7, 11) is 0. The molecule has 1 nitrogen and oxygen atoms in total. The van der Waals surface area contributed by atoms with Gasteiger partial charge in [0.1, 0.15) is 0 Å². The van der Waals surface area contributed by atoms with E-state index in [1.54, 1.807) is 12.4 Å². The Kier molecular flexibility index (Phi) is 3.30. The van der Waals surface area contributed by atoms with Crippen LogP contribution < -0.4 is 0 Å². The minimum atomic E-state index is 0.224. The van der Waals surface area contributed by atoms with Gasteiger partial charge in [0.25, 0.3) is 0 Å². The molecule has 1 heterocycles. The van der Waals surface area contributed by atoms with Crippen molar-refractivity contribution in [2.24, 2.45) is 5.92 Å². The molecule has 3 heteroatoms. The molecular weight excluding hydrogens is 217 g/mol. The molecule has 1 aliphatic carbocycles. The third-order valence-electron chi connectivity index (χ3n) is 2.58. The lowest BCUT2D eigenvalue weighted by Crippen LogP contribution is -2.04. The Morgan fingerprint density at radius 3 is 2.93 bits per heavy atom. The number of nitrogens with zero attached hydrogens (tertiary/aromatic N) is 1. The molecule has 1 atom stereocenters. The minimum absolute atomic E-state index is 0.224. The fourth-order valence-corrected chi connectivity index (χ4v) is 2.22. The highest BCUT2D eigenvalue weighted by Crippen LogP contribution is 2.35. The summed E-state index contributed by atoms with van der Waals surface area (Å²) >= 11 is 12.2. The van der Waals surface area contributed by atoms with E-state index in [4.69, 9.17) is 23.2 Å². The maximum atomic E-state index is 6.24. The van der Waals surface area contributed by atoms with Crippen LogP contribution in [0.25, 0.3) is 0 Å². The van der Waals surface area contributed by atoms with Gasteiger partial charge < -0.3 is 0 Å². The Morgan fingerprint density at radius 2 is 2.29 bits per heavy atom. The molecule has 0 aromatic carbocycles. The maximum Gasteiger partial charge on any atom is 0.0621 e. The van der Waals surface area contributed by atoms with Crippen molar-refractivity contribution in [1.82, 2.24) is 4.98 Å². The van der Waals surface area contributed by atoms with E-state index in [-0.39, 0.29) is 5.38 Å². The molecule has 1 fully saturated rings. The molecule has 0 bridgehead atoms. The van der Waals surface area contributed by atoms with Crippen LogP contribution in [-0.2, 0) is 6.42 Å². The van der Waals surface area contributed by atoms with E-state index in [2.05, 4.69) is 4.98 Å². The Morgan fingerprint density at radius 1 is 1.50 bits per heavy atom. The standard InChI is InChI=1S/C11H13Cl2N/c12-10(5-8-1-2-8)6-9-3-4-14-7-11(9)13/h3-4,7-8,10H,1-2,5-6H2. The van der Waals surface area contributed by atoms with Gasteiger partial charge in [0.15, 0.2) is 0 Å². The zero-order chi connectivity index (χ0) is 9.97. The van der Waals surface area contributed by atoms with Crippen molar-refractivity contribution >= 4 is 23.2 Å². The summed E-state index contributed by atoms with van der Waals surface area (Å²) in [6, 6.07) is 1.95. The van der Waals surface area contributed by atoms with Crippen molar-refractivity contribution in [2.45, 2.75) is 31.1 Å². The maximum absolute atomic E-state index is 6.24. The average Bonchev–Trinajstić information content (AvgIpc) is 2.93. The SMILES string of the molecule is Clc1cnccc1CC(Cl)CC1CC1. The fourth-order valence-electron chi connectivity index (χ4n) is 1.61. The van der Waals surface area contributed by atoms with Crippen molar-refractivity contribution < 1.29 is 0 Å². The highest BCUT2D eigenvalue weighted by molar-refractivity contribution is 6.31. The van der Waals surface area contributed by atoms with Crippen LogP contribution in [0.4, 0.5) is 0 Å². The molecular formula is C11H13Cl2N. The van der Waals surface area contributed by atoms with Crippen molar-refractivity contribution in [2.75, 3.05) is 0 Å². The topological polar surface area (TPSA) is 12.9 Å². The van der Waals surface area contributed by atoms with Gasteiger partial charge in [0, 0.05) is 17.8 Å². The predicted molar refractivity (Wildman–Crippen MR) is 59.9 cm³/mol. The largest absolute Gasteiger partial charge is 0.263 e. The molecule has 14 heavy (non-hydrogen) atoms. The summed E-state index contributed by atoms with van der Waals surface area (Å²) in [6.07, 6.45) is 8.14. The lowest BCUT2D eigenvalue weighted by Gasteiger charge is -2.09. The van der Waals surface area contributed by atoms with Gasteiger partial charge >= 0.3 is 0 Å². The monoisotopic (exact) mass is 229 g/mol. The van der Waals surface area contributed by atoms with Gasteiger partial charge in [0.05, 0.1) is 5.02 Å². The molecule has 1 aromatic heterocycles. The van der Waals surface area contributed by atoms with E-state index < -0.39 is 0 Å². The second-order valence-electron chi connectivity index (χ2n) is 3.95. The Balaban J connectivity index is 1.91. The second kappa shape index (κ2) is 4.50. The molecule has 1 saturated carbocycles. The van der Waals surface area contributed by atoms with E-state index in [0.717, 1.165) is 29.3 Å². The number of hydrogen-bond acceptors (Lipinski definition) is 1. The number of hydrogen-bond donors (Lipinski definition) is 0. The van der Waals surface area contributed by atoms with E-state index in [0.29, 0.717) is 0 Å². The quantitative estimate of drug-likeness (QED) is 0.719. The minimum Gasteiger partial charge on any atom is -0.263 e. The molecule has 2 rings (SSSR count). The smallest absolute Gasteiger partial charge is 0.0621 e. The molecule has 0 spiro atoms. The first-order valence-electron chi connectivity index (χ1n) is 4.98. The first-order chi connectivity index (χ1) is 6.75. The van der Waals surface area contributed by atoms with Crippen molar-refractivity contribution in [3.05, 3.63) is 29.0 Å². The summed E-state index contributed by atoms with van der Waals surface area (Å²) < 4.78 is 0. The zero-order valence-electron chi connectivity index (χ0n) is 7.92. The summed E-state index contributed by atoms with van der Waals surface area (Å²) in [5.41, 5.74) is 1.11. The first-order valence-corrected chi connectivity index (χ1v) is 5.79. The van der Waals surface area contributed by atoms with E-state index in [1.165, 1.54) is 12.8 Å². The van der Waals surface area contributed by atoms with Crippen LogP contribution in [0.5, 0.6) is 0 Å². The highest BCUT2D eigenvalue weighted by atomic mass is 35.5. The normalized spacial score (nSPS) is 18.1. The van der Waals surface area contributed by atoms with Gasteiger partial charge in [-0.15, -0.1) is 11.6 Å². The Hall–Kier alpha value is -0.270. The second-order valence-corrected chi connectivity index (χ2v) is 4.97. The van der Waals surface area contributed by atoms with Crippen molar-refractivity contribution in [3.8, 4) is 0 Å². The molecule has 1 unspecified atom stereocenters. The van der Waals surface area contributed by atoms with Gasteiger partial charge in [-0.1, -0.05) is 24.4 Å². The average molecular weight is 230 g/mol. The predicted octanol–water partition coefficient (Wildman–Crippen LogP) is 3.69. The van der Waals surface area contributed by atoms with Crippen LogP contribution >= 0.6 is 23.2 Å². The summed E-state index contributed by atoms with van der Waals surface area (Å²) in [5, 5.41) is 0.955. The third kappa shape index (κ3) is 2.86. The molecule has 1 aliphatic rings. The highest BCUT2D eigenvalue weighted by Gasteiger charge is 2.24. The zero-order valence-corrected chi connectivity index (χ0v) is 9.43. The van der Waals surface area contributed by atoms with Crippen molar-refractivity contribution in [1.29, 1.82) is 0 Å². The third-order valence-corrected chi connectivity index (χ3v) is 3.26. The molecule has 0 aliphatic heterocycles. The van der Waals surface area contributed by atoms with Gasteiger partial charge in [-0.3, -0.25) is 4.98 Å². The number of aromatic nitrogens is 1. The van der Waals surface area contributed by atoms with E-state index >= 15 is 0 Å².